The molecule has 1 fully saturated rings. The molecule has 3 aromatic rings. The van der Waals surface area contributed by atoms with Gasteiger partial charge in [-0.15, -0.1) is 0 Å². The first-order valence-electron chi connectivity index (χ1n) is 14.3. The molecule has 222 valence electrons. The number of carbonyl (C=O) groups is 2. The van der Waals surface area contributed by atoms with Crippen LogP contribution in [-0.2, 0) is 27.0 Å². The number of Topliss-reactive ketones (excluding diaryl/α,β-unsaturated/α-hetero) is 2. The van der Waals surface area contributed by atoms with E-state index in [-0.39, 0.29) is 40.5 Å². The summed E-state index contributed by atoms with van der Waals surface area (Å²) in [5, 5.41) is 23.1. The lowest BCUT2D eigenvalue weighted by Gasteiger charge is -2.29. The first-order chi connectivity index (χ1) is 20.7. The zero-order valence-electron chi connectivity index (χ0n) is 25.0. The van der Waals surface area contributed by atoms with Gasteiger partial charge in [0.2, 0.25) is 5.69 Å². The van der Waals surface area contributed by atoms with Crippen molar-refractivity contribution in [1.29, 1.82) is 0 Å². The minimum absolute atomic E-state index is 0.0647. The predicted octanol–water partition coefficient (Wildman–Crippen LogP) is 6.09. The maximum Gasteiger partial charge on any atom is 0.276 e. The third kappa shape index (κ3) is 4.28. The molecule has 10 nitrogen and oxygen atoms in total. The number of hydrogen-bond acceptors (Lipinski definition) is 7. The molecule has 3 aliphatic rings. The van der Waals surface area contributed by atoms with E-state index in [1.54, 1.807) is 12.2 Å². The van der Waals surface area contributed by atoms with Crippen LogP contribution < -0.4 is 4.90 Å². The minimum Gasteiger partial charge on any atom is -0.347 e. The van der Waals surface area contributed by atoms with Gasteiger partial charge in [-0.1, -0.05) is 50.2 Å². The van der Waals surface area contributed by atoms with Gasteiger partial charge >= 0.3 is 0 Å². The van der Waals surface area contributed by atoms with Crippen molar-refractivity contribution in [3.8, 4) is 0 Å². The highest BCUT2D eigenvalue weighted by atomic mass is 16.6. The molecule has 0 aromatic heterocycles. The maximum atomic E-state index is 13.6. The number of nitro benzene ring substituents is 2. The highest BCUT2D eigenvalue weighted by Gasteiger charge is 2.50. The molecule has 2 aliphatic heterocycles. The molecule has 44 heavy (non-hydrogen) atoms. The average molecular weight is 592 g/mol. The summed E-state index contributed by atoms with van der Waals surface area (Å²) in [5.74, 6) is -1.44. The zero-order chi connectivity index (χ0) is 31.7. The second-order valence-corrected chi connectivity index (χ2v) is 12.5. The number of nitro groups is 2. The van der Waals surface area contributed by atoms with E-state index < -0.39 is 21.2 Å². The van der Waals surface area contributed by atoms with Gasteiger partial charge in [-0.3, -0.25) is 29.8 Å². The second-order valence-electron chi connectivity index (χ2n) is 12.5. The topological polar surface area (TPSA) is 127 Å². The summed E-state index contributed by atoms with van der Waals surface area (Å²) in [6.07, 6.45) is 3.41. The molecule has 0 amide bonds. The zero-order valence-corrected chi connectivity index (χ0v) is 25.0. The Labute approximate surface area is 253 Å². The molecule has 0 spiro atoms. The molecule has 6 rings (SSSR count). The summed E-state index contributed by atoms with van der Waals surface area (Å²) in [6, 6.07) is 19.2. The van der Waals surface area contributed by atoms with Gasteiger partial charge in [0, 0.05) is 59.2 Å². The van der Waals surface area contributed by atoms with Crippen LogP contribution in [0.15, 0.2) is 90.2 Å². The third-order valence-electron chi connectivity index (χ3n) is 9.17. The van der Waals surface area contributed by atoms with E-state index in [0.717, 1.165) is 34.3 Å². The predicted molar refractivity (Wildman–Crippen MR) is 165 cm³/mol. The monoisotopic (exact) mass is 591 g/mol. The van der Waals surface area contributed by atoms with Crippen molar-refractivity contribution in [2.75, 3.05) is 11.9 Å². The molecule has 10 heteroatoms. The summed E-state index contributed by atoms with van der Waals surface area (Å²) in [4.78, 5) is 51.0. The molecule has 0 unspecified atom stereocenters. The van der Waals surface area contributed by atoms with Gasteiger partial charge in [0.25, 0.3) is 11.4 Å². The molecule has 2 heterocycles. The first-order valence-corrected chi connectivity index (χ1v) is 14.3. The van der Waals surface area contributed by atoms with Crippen LogP contribution in [0.3, 0.4) is 0 Å². The summed E-state index contributed by atoms with van der Waals surface area (Å²) < 4.78 is 1.88. The smallest absolute Gasteiger partial charge is 0.276 e. The van der Waals surface area contributed by atoms with Crippen LogP contribution in [0.25, 0.3) is 0 Å². The van der Waals surface area contributed by atoms with Gasteiger partial charge in [0.15, 0.2) is 23.8 Å². The minimum atomic E-state index is -0.896. The largest absolute Gasteiger partial charge is 0.347 e. The highest BCUT2D eigenvalue weighted by molar-refractivity contribution is 6.41. The lowest BCUT2D eigenvalue weighted by atomic mass is 9.72. The third-order valence-corrected chi connectivity index (χ3v) is 9.17. The van der Waals surface area contributed by atoms with E-state index in [9.17, 15) is 29.8 Å². The van der Waals surface area contributed by atoms with Crippen LogP contribution in [0.4, 0.5) is 22.7 Å². The molecular formula is C34H31N4O6+. The molecule has 1 saturated carbocycles. The molecule has 0 radical (unpaired) electrons. The van der Waals surface area contributed by atoms with Crippen LogP contribution in [0.1, 0.15) is 44.4 Å². The van der Waals surface area contributed by atoms with E-state index in [1.165, 1.54) is 12.1 Å². The Morgan fingerprint density at radius 2 is 1.41 bits per heavy atom. The van der Waals surface area contributed by atoms with E-state index in [2.05, 4.69) is 19.9 Å². The molecule has 0 bridgehead atoms. The second kappa shape index (κ2) is 9.90. The van der Waals surface area contributed by atoms with Crippen molar-refractivity contribution in [2.24, 2.45) is 5.92 Å². The average Bonchev–Trinajstić information content (AvgIpc) is 3.32. The fourth-order valence-electron chi connectivity index (χ4n) is 6.80. The Hall–Kier alpha value is -5.25. The van der Waals surface area contributed by atoms with Gasteiger partial charge in [-0.2, -0.15) is 4.58 Å². The normalized spacial score (nSPS) is 20.5. The summed E-state index contributed by atoms with van der Waals surface area (Å²) >= 11 is 0. The van der Waals surface area contributed by atoms with Gasteiger partial charge in [0.05, 0.1) is 26.9 Å². The Morgan fingerprint density at radius 1 is 0.841 bits per heavy atom. The van der Waals surface area contributed by atoms with Crippen molar-refractivity contribution < 1.29 is 24.0 Å². The van der Waals surface area contributed by atoms with Crippen molar-refractivity contribution >= 4 is 40.0 Å². The van der Waals surface area contributed by atoms with Gasteiger partial charge in [0.1, 0.15) is 5.92 Å². The Kier molecular flexibility index (Phi) is 6.49. The summed E-state index contributed by atoms with van der Waals surface area (Å²) in [6.45, 7) is 8.18. The van der Waals surface area contributed by atoms with Gasteiger partial charge in [-0.05, 0) is 31.6 Å². The number of non-ortho nitro benzene ring substituents is 2. The Morgan fingerprint density at radius 3 is 2.00 bits per heavy atom. The lowest BCUT2D eigenvalue weighted by molar-refractivity contribution is -0.455. The fraction of sp³-hybridized carbons (Fsp3) is 0.265. The fourth-order valence-corrected chi connectivity index (χ4v) is 6.80. The summed E-state index contributed by atoms with van der Waals surface area (Å²) in [5.41, 5.74) is 4.11. The maximum absolute atomic E-state index is 13.6. The summed E-state index contributed by atoms with van der Waals surface area (Å²) in [7, 11) is 1.94. The van der Waals surface area contributed by atoms with Crippen LogP contribution >= 0.6 is 0 Å². The van der Waals surface area contributed by atoms with Gasteiger partial charge in [-0.25, -0.2) is 0 Å². The van der Waals surface area contributed by atoms with Crippen LogP contribution in [0.5, 0.6) is 0 Å². The van der Waals surface area contributed by atoms with Gasteiger partial charge < -0.3 is 4.90 Å². The van der Waals surface area contributed by atoms with Crippen LogP contribution in [0.2, 0.25) is 0 Å². The van der Waals surface area contributed by atoms with Crippen LogP contribution in [-0.4, -0.2) is 38.7 Å². The number of benzene rings is 3. The Bertz CT molecular complexity index is 1870. The van der Waals surface area contributed by atoms with Crippen molar-refractivity contribution in [2.45, 2.75) is 45.1 Å². The van der Waals surface area contributed by atoms with Crippen LogP contribution in [0, 0.1) is 26.1 Å². The SMILES string of the molecule is CN1/C(=C/C2C(=O)C(=CC3=[N+](Cc4cc([N+](=O)[O-])cc([N+](=O)[O-])c4)c4ccccc4C3(C)C)C2=O)C(C)(C)c2ccccc21. The number of fused-ring (bicyclic) bond motifs is 2. The number of carbonyl (C=O) groups excluding carboxylic acids is 2. The molecular weight excluding hydrogens is 560 g/mol. The number of hydrogen-bond donors (Lipinski definition) is 0. The molecule has 1 aliphatic carbocycles. The van der Waals surface area contributed by atoms with E-state index >= 15 is 0 Å². The quantitative estimate of drug-likeness (QED) is 0.0848. The number of anilines is 1. The highest BCUT2D eigenvalue weighted by Crippen LogP contribution is 2.48. The number of allylic oxidation sites excluding steroid dienone is 4. The molecule has 0 N–H and O–H groups in total. The number of ketones is 2. The molecule has 0 atom stereocenters. The lowest BCUT2D eigenvalue weighted by Crippen LogP contribution is -2.42. The standard InChI is InChI=1S/C34H31N4O6/c1-33(2)25-10-6-8-12-27(25)35(5)29(33)17-23-31(39)24(32(23)40)18-30-34(3,4)26-11-7-9-13-28(26)36(30)19-20-14-21(37(41)42)16-22(15-20)38(43)44/h6-18,23H,19H2,1-5H3/q+1/b24-18?,29-17+. The molecule has 0 saturated heterocycles. The number of likely N-dealkylation sites (N-methyl/N-ethyl adjacent to an activating group) is 1. The van der Waals surface area contributed by atoms with Crippen molar-refractivity contribution in [3.63, 3.8) is 0 Å². The van der Waals surface area contributed by atoms with E-state index in [1.807, 2.05) is 72.8 Å². The van der Waals surface area contributed by atoms with Crippen molar-refractivity contribution in [1.82, 2.24) is 0 Å². The van der Waals surface area contributed by atoms with E-state index in [4.69, 9.17) is 0 Å². The number of nitrogens with zero attached hydrogens (tertiary/aromatic N) is 4. The number of rotatable bonds is 6. The van der Waals surface area contributed by atoms with Crippen molar-refractivity contribution in [3.05, 3.63) is 127 Å². The van der Waals surface area contributed by atoms with E-state index in [0.29, 0.717) is 11.3 Å². The Balaban J connectivity index is 1.41. The molecule has 3 aromatic carbocycles. The number of para-hydroxylation sites is 2. The first kappa shape index (κ1) is 28.9.